The van der Waals surface area contributed by atoms with Crippen molar-refractivity contribution >= 4 is 12.0 Å². The lowest BCUT2D eigenvalue weighted by Crippen LogP contribution is -2.41. The van der Waals surface area contributed by atoms with E-state index in [0.717, 1.165) is 16.0 Å². The van der Waals surface area contributed by atoms with Crippen LogP contribution in [0.4, 0.5) is 4.79 Å². The van der Waals surface area contributed by atoms with Crippen LogP contribution in [0, 0.1) is 0 Å². The van der Waals surface area contributed by atoms with Gasteiger partial charge in [0.05, 0.1) is 6.04 Å². The largest absolute Gasteiger partial charge is 0.422 e. The molecule has 0 spiro atoms. The zero-order valence-electron chi connectivity index (χ0n) is 17.9. The van der Waals surface area contributed by atoms with Gasteiger partial charge in [0.25, 0.3) is 17.4 Å². The molecule has 164 valence electrons. The highest BCUT2D eigenvalue weighted by molar-refractivity contribution is 6.03. The number of cyclic esters (lactones) is 1. The van der Waals surface area contributed by atoms with E-state index in [1.807, 2.05) is 91.0 Å². The Kier molecular flexibility index (Phi) is 5.22. The van der Waals surface area contributed by atoms with Gasteiger partial charge in [-0.3, -0.25) is 4.79 Å². The number of ether oxygens (including phenoxy) is 1. The van der Waals surface area contributed by atoms with E-state index < -0.39 is 23.6 Å². The molecule has 2 unspecified atom stereocenters. The second kappa shape index (κ2) is 8.35. The Balaban J connectivity index is 1.58. The van der Waals surface area contributed by atoms with Crippen molar-refractivity contribution < 1.29 is 18.7 Å². The first kappa shape index (κ1) is 20.6. The lowest BCUT2D eigenvalue weighted by Gasteiger charge is -2.23. The minimum Gasteiger partial charge on any atom is -0.422 e. The van der Waals surface area contributed by atoms with Crippen molar-refractivity contribution in [1.29, 1.82) is 0 Å². The molecule has 4 aromatic rings. The molecular weight excluding hydrogens is 418 g/mol. The molecule has 1 fully saturated rings. The highest BCUT2D eigenvalue weighted by atomic mass is 16.6. The van der Waals surface area contributed by atoms with Crippen LogP contribution in [-0.4, -0.2) is 27.1 Å². The maximum absolute atomic E-state index is 13.9. The maximum Gasteiger partial charge on any atom is 0.418 e. The van der Waals surface area contributed by atoms with Crippen LogP contribution in [0.1, 0.15) is 30.0 Å². The molecule has 0 bridgehead atoms. The third kappa shape index (κ3) is 3.67. The van der Waals surface area contributed by atoms with Crippen LogP contribution in [0.2, 0.25) is 0 Å². The normalized spacial score (nSPS) is 18.9. The summed E-state index contributed by atoms with van der Waals surface area (Å²) in [5.41, 5.74) is 0.570. The third-order valence-corrected chi connectivity index (χ3v) is 5.78. The van der Waals surface area contributed by atoms with Crippen molar-refractivity contribution in [3.05, 3.63) is 108 Å². The van der Waals surface area contributed by atoms with Crippen molar-refractivity contribution in [3.63, 3.8) is 0 Å². The summed E-state index contributed by atoms with van der Waals surface area (Å²) in [7, 11) is 0. The zero-order valence-corrected chi connectivity index (χ0v) is 17.9. The summed E-state index contributed by atoms with van der Waals surface area (Å²) in [4.78, 5) is 28.0. The van der Waals surface area contributed by atoms with Gasteiger partial charge < -0.3 is 9.15 Å². The van der Waals surface area contributed by atoms with Crippen molar-refractivity contribution in [1.82, 2.24) is 15.1 Å². The van der Waals surface area contributed by atoms with Crippen molar-refractivity contribution in [2.45, 2.75) is 25.0 Å². The molecule has 1 aliphatic rings. The van der Waals surface area contributed by atoms with Gasteiger partial charge in [-0.25, -0.2) is 9.69 Å². The topological polar surface area (TPSA) is 85.5 Å². The fourth-order valence-electron chi connectivity index (χ4n) is 4.02. The summed E-state index contributed by atoms with van der Waals surface area (Å²) in [6, 6.07) is 27.3. The Bertz CT molecular complexity index is 1270. The van der Waals surface area contributed by atoms with Crippen molar-refractivity contribution in [3.8, 4) is 11.5 Å². The molecule has 7 nitrogen and oxygen atoms in total. The van der Waals surface area contributed by atoms with Gasteiger partial charge in [0.2, 0.25) is 5.89 Å². The summed E-state index contributed by atoms with van der Waals surface area (Å²) < 4.78 is 11.7. The molecule has 2 heterocycles. The van der Waals surface area contributed by atoms with Crippen molar-refractivity contribution in [2.75, 3.05) is 0 Å². The van der Waals surface area contributed by atoms with Crippen LogP contribution >= 0.6 is 0 Å². The number of nitrogens with zero attached hydrogens (tertiary/aromatic N) is 3. The monoisotopic (exact) mass is 439 g/mol. The van der Waals surface area contributed by atoms with Crippen LogP contribution in [-0.2, 0) is 21.6 Å². The van der Waals surface area contributed by atoms with E-state index in [-0.39, 0.29) is 18.2 Å². The highest BCUT2D eigenvalue weighted by Gasteiger charge is 2.60. The molecule has 0 radical (unpaired) electrons. The predicted molar refractivity (Wildman–Crippen MR) is 120 cm³/mol. The van der Waals surface area contributed by atoms with E-state index in [9.17, 15) is 9.59 Å². The number of hydrogen-bond acceptors (Lipinski definition) is 6. The van der Waals surface area contributed by atoms with Crippen LogP contribution in [0.5, 0.6) is 0 Å². The fourth-order valence-corrected chi connectivity index (χ4v) is 4.02. The number of amides is 2. The van der Waals surface area contributed by atoms with Gasteiger partial charge in [0.15, 0.2) is 0 Å². The lowest BCUT2D eigenvalue weighted by molar-refractivity contribution is -0.140. The molecule has 1 aliphatic heterocycles. The van der Waals surface area contributed by atoms with Gasteiger partial charge in [-0.2, -0.15) is 0 Å². The van der Waals surface area contributed by atoms with Gasteiger partial charge in [-0.15, -0.1) is 10.2 Å². The van der Waals surface area contributed by atoms with Crippen LogP contribution in [0.3, 0.4) is 0 Å². The molecule has 0 saturated carbocycles. The van der Waals surface area contributed by atoms with E-state index in [0.29, 0.717) is 5.56 Å². The summed E-state index contributed by atoms with van der Waals surface area (Å²) in [6.45, 7) is 1.79. The first-order chi connectivity index (χ1) is 16.1. The van der Waals surface area contributed by atoms with Gasteiger partial charge in [-0.1, -0.05) is 78.9 Å². The van der Waals surface area contributed by atoms with Gasteiger partial charge in [0.1, 0.15) is 0 Å². The van der Waals surface area contributed by atoms with Crippen LogP contribution in [0.15, 0.2) is 95.4 Å². The molecule has 2 amide bonds. The molecule has 1 aromatic heterocycles. The zero-order chi connectivity index (χ0) is 22.8. The van der Waals surface area contributed by atoms with E-state index in [1.165, 1.54) is 0 Å². The summed E-state index contributed by atoms with van der Waals surface area (Å²) in [6.07, 6.45) is -0.668. The third-order valence-electron chi connectivity index (χ3n) is 5.78. The van der Waals surface area contributed by atoms with Crippen LogP contribution in [0.25, 0.3) is 11.5 Å². The number of carbonyl (C=O) groups excluding carboxylic acids is 2. The molecule has 33 heavy (non-hydrogen) atoms. The average Bonchev–Trinajstić information content (AvgIpc) is 3.44. The minimum absolute atomic E-state index is 0.0497. The Hall–Kier alpha value is -4.26. The number of hydrogen-bond donors (Lipinski definition) is 0. The van der Waals surface area contributed by atoms with E-state index in [4.69, 9.17) is 9.15 Å². The average molecular weight is 439 g/mol. The molecule has 2 atom stereocenters. The van der Waals surface area contributed by atoms with E-state index in [2.05, 4.69) is 10.2 Å². The van der Waals surface area contributed by atoms with Crippen molar-refractivity contribution in [2.24, 2.45) is 0 Å². The SMILES string of the molecule is CC(c1ccccc1)N1C(=O)OC(Cc2ccccc2)(c2nnc(-c3ccccc3)o2)C1=O. The standard InChI is InChI=1S/C26H21N3O4/c1-18(20-13-7-3-8-14-20)29-24(30)26(33-25(29)31,17-19-11-5-2-6-12-19)23-28-27-22(32-23)21-15-9-4-10-16-21/h2-16,18H,17H2,1H3. The second-order valence-corrected chi connectivity index (χ2v) is 7.90. The summed E-state index contributed by atoms with van der Waals surface area (Å²) in [5, 5.41) is 8.28. The Morgan fingerprint density at radius 2 is 1.45 bits per heavy atom. The number of carbonyl (C=O) groups is 2. The van der Waals surface area contributed by atoms with E-state index >= 15 is 0 Å². The first-order valence-electron chi connectivity index (χ1n) is 10.6. The molecule has 1 saturated heterocycles. The fraction of sp³-hybridized carbons (Fsp3) is 0.154. The smallest absolute Gasteiger partial charge is 0.418 e. The van der Waals surface area contributed by atoms with Gasteiger partial charge in [-0.05, 0) is 30.2 Å². The summed E-state index contributed by atoms with van der Waals surface area (Å²) >= 11 is 0. The lowest BCUT2D eigenvalue weighted by atomic mass is 9.92. The second-order valence-electron chi connectivity index (χ2n) is 7.90. The Morgan fingerprint density at radius 3 is 2.12 bits per heavy atom. The quantitative estimate of drug-likeness (QED) is 0.424. The number of rotatable bonds is 6. The molecule has 5 rings (SSSR count). The van der Waals surface area contributed by atoms with Gasteiger partial charge >= 0.3 is 6.09 Å². The number of benzene rings is 3. The highest BCUT2D eigenvalue weighted by Crippen LogP contribution is 2.41. The number of imide groups is 1. The molecule has 0 aliphatic carbocycles. The molecule has 3 aromatic carbocycles. The predicted octanol–water partition coefficient (Wildman–Crippen LogP) is 4.91. The minimum atomic E-state index is -1.75. The van der Waals surface area contributed by atoms with Gasteiger partial charge in [0, 0.05) is 12.0 Å². The molecule has 0 N–H and O–H groups in total. The Labute approximate surface area is 190 Å². The Morgan fingerprint density at radius 1 is 0.848 bits per heavy atom. The summed E-state index contributed by atoms with van der Waals surface area (Å²) in [5.74, 6) is -0.335. The first-order valence-corrected chi connectivity index (χ1v) is 10.6. The molecular formula is C26H21N3O4. The van der Waals surface area contributed by atoms with E-state index in [1.54, 1.807) is 6.92 Å². The van der Waals surface area contributed by atoms with Crippen LogP contribution < -0.4 is 0 Å². The number of aromatic nitrogens is 2. The molecule has 7 heteroatoms. The maximum atomic E-state index is 13.9.